The summed E-state index contributed by atoms with van der Waals surface area (Å²) in [4.78, 5) is 8.31. The lowest BCUT2D eigenvalue weighted by molar-refractivity contribution is 0.427. The lowest BCUT2D eigenvalue weighted by atomic mass is 10.0. The van der Waals surface area contributed by atoms with Crippen LogP contribution < -0.4 is 5.73 Å². The van der Waals surface area contributed by atoms with Gasteiger partial charge in [-0.1, -0.05) is 38.3 Å². The Morgan fingerprint density at radius 2 is 2.06 bits per heavy atom. The van der Waals surface area contributed by atoms with Crippen LogP contribution in [0, 0.1) is 5.92 Å². The molecule has 0 saturated heterocycles. The highest BCUT2D eigenvalue weighted by atomic mass is 35.5. The van der Waals surface area contributed by atoms with Crippen LogP contribution in [0.5, 0.6) is 0 Å². The smallest absolute Gasteiger partial charge is 0.201 e. The zero-order chi connectivity index (χ0) is 12.4. The maximum Gasteiger partial charge on any atom is 0.201 e. The molecule has 0 bridgehead atoms. The first-order valence-corrected chi connectivity index (χ1v) is 6.30. The Morgan fingerprint density at radius 3 is 2.71 bits per heavy atom. The van der Waals surface area contributed by atoms with Gasteiger partial charge in [-0.15, -0.1) is 0 Å². The second-order valence-corrected chi connectivity index (χ2v) is 4.66. The Kier molecular flexibility index (Phi) is 3.52. The number of nitrogens with zero attached hydrogens (tertiary/aromatic N) is 3. The minimum absolute atomic E-state index is 0.516. The number of nitrogens with two attached hydrogens (primary N) is 1. The number of pyridine rings is 1. The molecule has 0 unspecified atom stereocenters. The molecule has 0 amide bonds. The number of aromatic nitrogens is 3. The standard InChI is InChI=1S/C12H17ClN4/c1-3-8(4-2)7-17-11-9(13)5-15-6-10(11)16-12(17)14/h5-6,8H,3-4,7H2,1-2H3,(H2,14,16). The van der Waals surface area contributed by atoms with Gasteiger partial charge in [-0.3, -0.25) is 4.98 Å². The molecule has 0 saturated carbocycles. The zero-order valence-electron chi connectivity index (χ0n) is 10.2. The third-order valence-corrected chi connectivity index (χ3v) is 3.51. The summed E-state index contributed by atoms with van der Waals surface area (Å²) in [5, 5.41) is 0.609. The lowest BCUT2D eigenvalue weighted by Crippen LogP contribution is -2.11. The van der Waals surface area contributed by atoms with Crippen molar-refractivity contribution < 1.29 is 0 Å². The molecule has 17 heavy (non-hydrogen) atoms. The van der Waals surface area contributed by atoms with Gasteiger partial charge in [0.05, 0.1) is 16.7 Å². The van der Waals surface area contributed by atoms with E-state index >= 15 is 0 Å². The molecule has 2 heterocycles. The highest BCUT2D eigenvalue weighted by Gasteiger charge is 2.14. The van der Waals surface area contributed by atoms with Crippen LogP contribution in [0.15, 0.2) is 12.4 Å². The molecule has 4 nitrogen and oxygen atoms in total. The Hall–Kier alpha value is -1.29. The first-order chi connectivity index (χ1) is 8.17. The molecular formula is C12H17ClN4. The van der Waals surface area contributed by atoms with Gasteiger partial charge in [0.1, 0.15) is 5.52 Å². The number of anilines is 1. The second kappa shape index (κ2) is 4.92. The summed E-state index contributed by atoms with van der Waals surface area (Å²) in [6.07, 6.45) is 5.58. The number of fused-ring (bicyclic) bond motifs is 1. The third kappa shape index (κ3) is 2.22. The molecule has 0 aromatic carbocycles. The molecule has 2 aromatic heterocycles. The van der Waals surface area contributed by atoms with Gasteiger partial charge in [0.15, 0.2) is 0 Å². The van der Waals surface area contributed by atoms with E-state index < -0.39 is 0 Å². The monoisotopic (exact) mass is 252 g/mol. The van der Waals surface area contributed by atoms with Crippen LogP contribution in [-0.4, -0.2) is 14.5 Å². The molecule has 0 aliphatic carbocycles. The van der Waals surface area contributed by atoms with E-state index in [-0.39, 0.29) is 0 Å². The van der Waals surface area contributed by atoms with Gasteiger partial charge >= 0.3 is 0 Å². The van der Waals surface area contributed by atoms with E-state index in [4.69, 9.17) is 17.3 Å². The topological polar surface area (TPSA) is 56.7 Å². The van der Waals surface area contributed by atoms with Crippen LogP contribution in [-0.2, 0) is 6.54 Å². The average Bonchev–Trinajstić information content (AvgIpc) is 2.63. The van der Waals surface area contributed by atoms with Crippen LogP contribution in [0.1, 0.15) is 26.7 Å². The number of halogens is 1. The molecule has 92 valence electrons. The van der Waals surface area contributed by atoms with Crippen molar-refractivity contribution >= 4 is 28.6 Å². The molecule has 0 atom stereocenters. The highest BCUT2D eigenvalue weighted by Crippen LogP contribution is 2.26. The summed E-state index contributed by atoms with van der Waals surface area (Å²) in [7, 11) is 0. The van der Waals surface area contributed by atoms with Crippen molar-refractivity contribution in [3.63, 3.8) is 0 Å². The van der Waals surface area contributed by atoms with E-state index in [1.54, 1.807) is 12.4 Å². The van der Waals surface area contributed by atoms with Crippen molar-refractivity contribution in [2.75, 3.05) is 5.73 Å². The molecule has 0 radical (unpaired) electrons. The van der Waals surface area contributed by atoms with Crippen molar-refractivity contribution in [3.8, 4) is 0 Å². The summed E-state index contributed by atoms with van der Waals surface area (Å²) < 4.78 is 2.00. The van der Waals surface area contributed by atoms with Crippen molar-refractivity contribution in [1.29, 1.82) is 0 Å². The molecule has 2 rings (SSSR count). The largest absolute Gasteiger partial charge is 0.369 e. The zero-order valence-corrected chi connectivity index (χ0v) is 10.9. The Labute approximate surface area is 106 Å². The maximum absolute atomic E-state index is 6.17. The summed E-state index contributed by atoms with van der Waals surface area (Å²) in [6, 6.07) is 0. The van der Waals surface area contributed by atoms with E-state index in [9.17, 15) is 0 Å². The van der Waals surface area contributed by atoms with Gasteiger partial charge in [-0.25, -0.2) is 4.98 Å². The fraction of sp³-hybridized carbons (Fsp3) is 0.500. The molecule has 0 aliphatic rings. The molecule has 2 N–H and O–H groups in total. The van der Waals surface area contributed by atoms with Crippen molar-refractivity contribution in [2.24, 2.45) is 5.92 Å². The first-order valence-electron chi connectivity index (χ1n) is 5.92. The maximum atomic E-state index is 6.17. The van der Waals surface area contributed by atoms with E-state index in [0.29, 0.717) is 16.9 Å². The predicted molar refractivity (Wildman–Crippen MR) is 71.0 cm³/mol. The second-order valence-electron chi connectivity index (χ2n) is 4.25. The van der Waals surface area contributed by atoms with Gasteiger partial charge < -0.3 is 10.3 Å². The Morgan fingerprint density at radius 1 is 1.35 bits per heavy atom. The highest BCUT2D eigenvalue weighted by molar-refractivity contribution is 6.34. The fourth-order valence-corrected chi connectivity index (χ4v) is 2.31. The van der Waals surface area contributed by atoms with Crippen LogP contribution in [0.2, 0.25) is 5.02 Å². The number of imidazole rings is 1. The van der Waals surface area contributed by atoms with Crippen LogP contribution >= 0.6 is 11.6 Å². The van der Waals surface area contributed by atoms with E-state index in [0.717, 1.165) is 30.4 Å². The van der Waals surface area contributed by atoms with Crippen molar-refractivity contribution in [1.82, 2.24) is 14.5 Å². The minimum atomic E-state index is 0.516. The number of nitrogen functional groups attached to an aromatic ring is 1. The summed E-state index contributed by atoms with van der Waals surface area (Å²) >= 11 is 6.17. The van der Waals surface area contributed by atoms with Crippen molar-refractivity contribution in [3.05, 3.63) is 17.4 Å². The molecule has 0 aliphatic heterocycles. The quantitative estimate of drug-likeness (QED) is 0.910. The summed E-state index contributed by atoms with van der Waals surface area (Å²) in [5.74, 6) is 1.11. The van der Waals surface area contributed by atoms with Gasteiger partial charge in [0, 0.05) is 12.7 Å². The van der Waals surface area contributed by atoms with Gasteiger partial charge in [-0.05, 0) is 5.92 Å². The van der Waals surface area contributed by atoms with E-state index in [1.165, 1.54) is 0 Å². The van der Waals surface area contributed by atoms with Gasteiger partial charge in [-0.2, -0.15) is 0 Å². The minimum Gasteiger partial charge on any atom is -0.369 e. The summed E-state index contributed by atoms with van der Waals surface area (Å²) in [6.45, 7) is 5.23. The van der Waals surface area contributed by atoms with Crippen LogP contribution in [0.4, 0.5) is 5.95 Å². The molecular weight excluding hydrogens is 236 g/mol. The number of hydrogen-bond acceptors (Lipinski definition) is 3. The average molecular weight is 253 g/mol. The molecule has 0 spiro atoms. The number of rotatable bonds is 4. The first kappa shape index (κ1) is 12.2. The van der Waals surface area contributed by atoms with Gasteiger partial charge in [0.25, 0.3) is 0 Å². The summed E-state index contributed by atoms with van der Waals surface area (Å²) in [5.41, 5.74) is 7.60. The molecule has 0 fully saturated rings. The SMILES string of the molecule is CCC(CC)Cn1c(N)nc2cncc(Cl)c21. The van der Waals surface area contributed by atoms with Crippen molar-refractivity contribution in [2.45, 2.75) is 33.2 Å². The van der Waals surface area contributed by atoms with Crippen LogP contribution in [0.3, 0.4) is 0 Å². The fourth-order valence-electron chi connectivity index (χ4n) is 2.06. The van der Waals surface area contributed by atoms with E-state index in [2.05, 4.69) is 23.8 Å². The normalized spacial score (nSPS) is 11.5. The van der Waals surface area contributed by atoms with Crippen LogP contribution in [0.25, 0.3) is 11.0 Å². The Bertz CT molecular complexity index is 516. The third-order valence-electron chi connectivity index (χ3n) is 3.23. The predicted octanol–water partition coefficient (Wildman–Crippen LogP) is 3.10. The van der Waals surface area contributed by atoms with Gasteiger partial charge in [0.2, 0.25) is 5.95 Å². The lowest BCUT2D eigenvalue weighted by Gasteiger charge is -2.15. The Balaban J connectivity index is 2.48. The molecule has 2 aromatic rings. The van der Waals surface area contributed by atoms with E-state index in [1.807, 2.05) is 4.57 Å². The number of hydrogen-bond donors (Lipinski definition) is 1. The molecule has 5 heteroatoms.